The number of nitrogens with zero attached hydrogens (tertiary/aromatic N) is 1. The van der Waals surface area contributed by atoms with Crippen LogP contribution in [0, 0.1) is 24.0 Å². The average molecular weight is 344 g/mol. The quantitative estimate of drug-likeness (QED) is 0.549. The van der Waals surface area contributed by atoms with Crippen LogP contribution in [-0.4, -0.2) is 30.5 Å². The second-order valence-corrected chi connectivity index (χ2v) is 6.92. The van der Waals surface area contributed by atoms with Crippen LogP contribution in [0.5, 0.6) is 0 Å². The minimum absolute atomic E-state index is 0.115. The molecule has 0 saturated heterocycles. The molecule has 1 aromatic carbocycles. The maximum Gasteiger partial charge on any atom is 0.321 e. The number of carbonyl (C=O) groups is 1. The Bertz CT molecular complexity index is 714. The van der Waals surface area contributed by atoms with Crippen molar-refractivity contribution in [1.82, 2.24) is 4.72 Å². The zero-order valence-electron chi connectivity index (χ0n) is 13.2. The maximum absolute atomic E-state index is 12.5. The second kappa shape index (κ2) is 7.51. The molecule has 8 nitrogen and oxygen atoms in total. The van der Waals surface area contributed by atoms with Crippen LogP contribution >= 0.6 is 0 Å². The molecule has 1 rings (SSSR count). The van der Waals surface area contributed by atoms with E-state index in [1.54, 1.807) is 6.92 Å². The maximum atomic E-state index is 12.5. The normalized spacial score (nSPS) is 12.8. The number of hydrogen-bond acceptors (Lipinski definition) is 5. The number of hydrogen-bond donors (Lipinski definition) is 2. The molecular formula is C14H20N2O6S. The molecule has 0 aliphatic rings. The third-order valence-corrected chi connectivity index (χ3v) is 5.21. The van der Waals surface area contributed by atoms with Crippen LogP contribution in [0.15, 0.2) is 17.0 Å². The summed E-state index contributed by atoms with van der Waals surface area (Å²) in [6.45, 7) is 4.94. The molecule has 0 aliphatic heterocycles. The van der Waals surface area contributed by atoms with E-state index in [0.29, 0.717) is 18.4 Å². The van der Waals surface area contributed by atoms with Gasteiger partial charge in [-0.15, -0.1) is 0 Å². The number of unbranched alkanes of at least 4 members (excludes halogenated alkanes) is 1. The minimum atomic E-state index is -4.34. The molecule has 1 aromatic rings. The van der Waals surface area contributed by atoms with Gasteiger partial charge in [-0.25, -0.2) is 8.42 Å². The molecule has 128 valence electrons. The van der Waals surface area contributed by atoms with Gasteiger partial charge in [0.2, 0.25) is 10.0 Å². The average Bonchev–Trinajstić information content (AvgIpc) is 2.45. The smallest absolute Gasteiger partial charge is 0.321 e. The van der Waals surface area contributed by atoms with E-state index in [2.05, 4.69) is 4.72 Å². The van der Waals surface area contributed by atoms with Crippen molar-refractivity contribution in [2.45, 2.75) is 51.0 Å². The highest BCUT2D eigenvalue weighted by atomic mass is 32.2. The molecule has 0 heterocycles. The van der Waals surface area contributed by atoms with Crippen LogP contribution in [0.25, 0.3) is 0 Å². The van der Waals surface area contributed by atoms with Crippen molar-refractivity contribution >= 4 is 21.7 Å². The van der Waals surface area contributed by atoms with Gasteiger partial charge >= 0.3 is 5.97 Å². The Kier molecular flexibility index (Phi) is 6.22. The van der Waals surface area contributed by atoms with Crippen molar-refractivity contribution in [3.8, 4) is 0 Å². The fourth-order valence-corrected chi connectivity index (χ4v) is 3.84. The highest BCUT2D eigenvalue weighted by molar-refractivity contribution is 7.89. The molecule has 1 atom stereocenters. The molecule has 9 heteroatoms. The van der Waals surface area contributed by atoms with Gasteiger partial charge in [-0.2, -0.15) is 4.72 Å². The summed E-state index contributed by atoms with van der Waals surface area (Å²) >= 11 is 0. The van der Waals surface area contributed by atoms with Crippen molar-refractivity contribution < 1.29 is 23.2 Å². The van der Waals surface area contributed by atoms with Gasteiger partial charge in [0.25, 0.3) is 5.69 Å². The Morgan fingerprint density at radius 2 is 2.00 bits per heavy atom. The van der Waals surface area contributed by atoms with E-state index >= 15 is 0 Å². The molecule has 0 radical (unpaired) electrons. The molecule has 0 amide bonds. The van der Waals surface area contributed by atoms with E-state index in [1.807, 2.05) is 6.92 Å². The predicted molar refractivity (Wildman–Crippen MR) is 83.8 cm³/mol. The first-order chi connectivity index (χ1) is 10.6. The highest BCUT2D eigenvalue weighted by Crippen LogP contribution is 2.29. The van der Waals surface area contributed by atoms with E-state index in [-0.39, 0.29) is 12.0 Å². The number of rotatable bonds is 8. The largest absolute Gasteiger partial charge is 0.480 e. The zero-order chi connectivity index (χ0) is 17.8. The number of nitrogens with one attached hydrogen (secondary N) is 1. The van der Waals surface area contributed by atoms with Crippen molar-refractivity contribution in [3.05, 3.63) is 33.4 Å². The number of carboxylic acids is 1. The van der Waals surface area contributed by atoms with Gasteiger partial charge in [0.05, 0.1) is 4.92 Å². The molecular weight excluding hydrogens is 324 g/mol. The fourth-order valence-electron chi connectivity index (χ4n) is 2.15. The summed E-state index contributed by atoms with van der Waals surface area (Å²) in [5, 5.41) is 20.3. The summed E-state index contributed by atoms with van der Waals surface area (Å²) in [7, 11) is -4.34. The SMILES string of the molecule is CCCCC(NS(=O)(=O)c1c([N+](=O)[O-])ccc(C)c1C)C(=O)O. The summed E-state index contributed by atoms with van der Waals surface area (Å²) in [6, 6.07) is 1.25. The van der Waals surface area contributed by atoms with Gasteiger partial charge in [0.1, 0.15) is 6.04 Å². The van der Waals surface area contributed by atoms with E-state index in [9.17, 15) is 23.3 Å². The lowest BCUT2D eigenvalue weighted by Gasteiger charge is -2.16. The lowest BCUT2D eigenvalue weighted by Crippen LogP contribution is -2.41. The molecule has 0 spiro atoms. The summed E-state index contributed by atoms with van der Waals surface area (Å²) < 4.78 is 27.1. The molecule has 23 heavy (non-hydrogen) atoms. The van der Waals surface area contributed by atoms with E-state index in [4.69, 9.17) is 5.11 Å². The van der Waals surface area contributed by atoms with Crippen molar-refractivity contribution in [2.75, 3.05) is 0 Å². The Morgan fingerprint density at radius 3 is 2.48 bits per heavy atom. The lowest BCUT2D eigenvalue weighted by atomic mass is 10.1. The standard InChI is InChI=1S/C14H20N2O6S/c1-4-5-6-11(14(17)18)15-23(21,22)13-10(3)9(2)7-8-12(13)16(19)20/h7-8,11,15H,4-6H2,1-3H3,(H,17,18). The first kappa shape index (κ1) is 19.0. The molecule has 0 aromatic heterocycles. The van der Waals surface area contributed by atoms with Gasteiger partial charge in [0, 0.05) is 6.07 Å². The third kappa shape index (κ3) is 4.49. The molecule has 0 fully saturated rings. The van der Waals surface area contributed by atoms with Gasteiger partial charge in [-0.05, 0) is 31.4 Å². The van der Waals surface area contributed by atoms with Crippen LogP contribution in [-0.2, 0) is 14.8 Å². The first-order valence-electron chi connectivity index (χ1n) is 7.11. The van der Waals surface area contributed by atoms with E-state index in [0.717, 1.165) is 6.07 Å². The van der Waals surface area contributed by atoms with E-state index in [1.165, 1.54) is 13.0 Å². The molecule has 1 unspecified atom stereocenters. The van der Waals surface area contributed by atoms with Crippen LogP contribution < -0.4 is 4.72 Å². The minimum Gasteiger partial charge on any atom is -0.480 e. The number of sulfonamides is 1. The van der Waals surface area contributed by atoms with Crippen molar-refractivity contribution in [2.24, 2.45) is 0 Å². The zero-order valence-corrected chi connectivity index (χ0v) is 14.0. The fraction of sp³-hybridized carbons (Fsp3) is 0.500. The lowest BCUT2D eigenvalue weighted by molar-refractivity contribution is -0.387. The Morgan fingerprint density at radius 1 is 1.39 bits per heavy atom. The Balaban J connectivity index is 3.35. The molecule has 2 N–H and O–H groups in total. The van der Waals surface area contributed by atoms with Gasteiger partial charge in [-0.1, -0.05) is 25.8 Å². The summed E-state index contributed by atoms with van der Waals surface area (Å²) in [5.41, 5.74) is 0.225. The van der Waals surface area contributed by atoms with Crippen LogP contribution in [0.1, 0.15) is 37.3 Å². The van der Waals surface area contributed by atoms with Crippen molar-refractivity contribution in [3.63, 3.8) is 0 Å². The summed E-state index contributed by atoms with van der Waals surface area (Å²) in [5.74, 6) is -1.31. The van der Waals surface area contributed by atoms with Crippen LogP contribution in [0.2, 0.25) is 0 Å². The highest BCUT2D eigenvalue weighted by Gasteiger charge is 2.32. The predicted octanol–water partition coefficient (Wildman–Crippen LogP) is 2.13. The monoisotopic (exact) mass is 344 g/mol. The van der Waals surface area contributed by atoms with Crippen molar-refractivity contribution in [1.29, 1.82) is 0 Å². The number of aliphatic carboxylic acids is 1. The topological polar surface area (TPSA) is 127 Å². The molecule has 0 aliphatic carbocycles. The van der Waals surface area contributed by atoms with Gasteiger partial charge < -0.3 is 5.11 Å². The second-order valence-electron chi connectivity index (χ2n) is 5.27. The number of carboxylic acid groups (broad SMARTS) is 1. The number of benzene rings is 1. The first-order valence-corrected chi connectivity index (χ1v) is 8.59. The molecule has 0 bridgehead atoms. The van der Waals surface area contributed by atoms with Gasteiger partial charge in [0.15, 0.2) is 4.90 Å². The summed E-state index contributed by atoms with van der Waals surface area (Å²) in [4.78, 5) is 21.1. The third-order valence-electron chi connectivity index (χ3n) is 3.56. The summed E-state index contributed by atoms with van der Waals surface area (Å²) in [6.07, 6.45) is 1.34. The number of nitro groups is 1. The molecule has 0 saturated carbocycles. The number of nitro benzene ring substituents is 1. The van der Waals surface area contributed by atoms with E-state index < -0.39 is 37.5 Å². The van der Waals surface area contributed by atoms with Crippen LogP contribution in [0.3, 0.4) is 0 Å². The Labute approximate surface area is 134 Å². The van der Waals surface area contributed by atoms with Gasteiger partial charge in [-0.3, -0.25) is 14.9 Å². The Hall–Kier alpha value is -2.00. The number of aryl methyl sites for hydroxylation is 1. The van der Waals surface area contributed by atoms with Crippen LogP contribution in [0.4, 0.5) is 5.69 Å².